The fraction of sp³-hybridized carbons (Fsp3) is 0.143. The molecule has 0 saturated carbocycles. The predicted molar refractivity (Wildman–Crippen MR) is 51.6 cm³/mol. The Morgan fingerprint density at radius 3 is 1.50 bits per heavy atom. The highest BCUT2D eigenvalue weighted by atomic mass is 127. The minimum Gasteiger partial charge on any atom is -0.269 e. The Kier molecular flexibility index (Phi) is 14.5. The summed E-state index contributed by atoms with van der Waals surface area (Å²) in [6, 6.07) is 10.3. The van der Waals surface area contributed by atoms with E-state index >= 15 is 0 Å². The second kappa shape index (κ2) is 8.81. The van der Waals surface area contributed by atoms with E-state index in [1.54, 1.807) is 0 Å². The van der Waals surface area contributed by atoms with Crippen molar-refractivity contribution in [2.75, 3.05) is 0 Å². The van der Waals surface area contributed by atoms with Crippen molar-refractivity contribution >= 4 is 24.0 Å². The van der Waals surface area contributed by atoms with Crippen molar-refractivity contribution in [3.63, 3.8) is 0 Å². The van der Waals surface area contributed by atoms with Gasteiger partial charge >= 0.3 is 0 Å². The van der Waals surface area contributed by atoms with Gasteiger partial charge < -0.3 is 0 Å². The van der Waals surface area contributed by atoms with Crippen LogP contribution < -0.4 is 0 Å². The molecular formula is C7H11F2I. The van der Waals surface area contributed by atoms with Crippen molar-refractivity contribution in [2.45, 2.75) is 6.92 Å². The summed E-state index contributed by atoms with van der Waals surface area (Å²) in [7, 11) is 0. The van der Waals surface area contributed by atoms with Gasteiger partial charge in [-0.2, -0.15) is 0 Å². The van der Waals surface area contributed by atoms with E-state index in [4.69, 9.17) is 0 Å². The summed E-state index contributed by atoms with van der Waals surface area (Å²) in [4.78, 5) is 0. The lowest BCUT2D eigenvalue weighted by atomic mass is 10.2. The maximum atomic E-state index is 2.08. The Bertz CT molecular complexity index is 142. The third kappa shape index (κ3) is 5.94. The van der Waals surface area contributed by atoms with Gasteiger partial charge in [0.25, 0.3) is 0 Å². The van der Waals surface area contributed by atoms with E-state index in [-0.39, 0.29) is 33.4 Å². The van der Waals surface area contributed by atoms with Crippen LogP contribution in [0.1, 0.15) is 5.56 Å². The SMILES string of the molecule is Cc1ccccc1.F.F.I. The van der Waals surface area contributed by atoms with E-state index in [0.717, 1.165) is 0 Å². The van der Waals surface area contributed by atoms with Crippen LogP contribution in [0.3, 0.4) is 0 Å². The molecule has 0 saturated heterocycles. The van der Waals surface area contributed by atoms with Gasteiger partial charge in [0.05, 0.1) is 0 Å². The van der Waals surface area contributed by atoms with E-state index in [0.29, 0.717) is 0 Å². The number of halogens is 3. The molecule has 0 aliphatic carbocycles. The van der Waals surface area contributed by atoms with Crippen LogP contribution in [-0.2, 0) is 0 Å². The quantitative estimate of drug-likeness (QED) is 0.629. The molecule has 0 atom stereocenters. The van der Waals surface area contributed by atoms with Crippen LogP contribution in [0.2, 0.25) is 0 Å². The maximum absolute atomic E-state index is 2.08. The topological polar surface area (TPSA) is 0 Å². The van der Waals surface area contributed by atoms with Crippen molar-refractivity contribution in [3.05, 3.63) is 35.9 Å². The smallest absolute Gasteiger partial charge is 0.0398 e. The lowest BCUT2D eigenvalue weighted by Crippen LogP contribution is -1.62. The maximum Gasteiger partial charge on any atom is -0.0398 e. The molecule has 0 radical (unpaired) electrons. The normalized spacial score (nSPS) is 6.10. The molecule has 60 valence electrons. The number of hydrogen-bond acceptors (Lipinski definition) is 0. The molecule has 0 aliphatic rings. The predicted octanol–water partition coefficient (Wildman–Crippen LogP) is 2.92. The fourth-order valence-corrected chi connectivity index (χ4v) is 0.534. The molecule has 0 amide bonds. The zero-order valence-corrected chi connectivity index (χ0v) is 7.94. The van der Waals surface area contributed by atoms with E-state index in [2.05, 4.69) is 19.1 Å². The largest absolute Gasteiger partial charge is 0.269 e. The Hall–Kier alpha value is -0.190. The summed E-state index contributed by atoms with van der Waals surface area (Å²) >= 11 is 0. The van der Waals surface area contributed by atoms with Crippen LogP contribution in [0.4, 0.5) is 9.41 Å². The third-order valence-electron chi connectivity index (χ3n) is 0.940. The summed E-state index contributed by atoms with van der Waals surface area (Å²) < 4.78 is 0. The molecule has 1 aromatic carbocycles. The van der Waals surface area contributed by atoms with Crippen molar-refractivity contribution in [3.8, 4) is 0 Å². The molecule has 0 aliphatic heterocycles. The van der Waals surface area contributed by atoms with E-state index < -0.39 is 0 Å². The van der Waals surface area contributed by atoms with E-state index in [9.17, 15) is 0 Å². The average molecular weight is 260 g/mol. The summed E-state index contributed by atoms with van der Waals surface area (Å²) in [5.74, 6) is 0. The summed E-state index contributed by atoms with van der Waals surface area (Å²) in [6.45, 7) is 2.08. The molecule has 0 spiro atoms. The molecule has 10 heavy (non-hydrogen) atoms. The number of benzene rings is 1. The highest BCUT2D eigenvalue weighted by Crippen LogP contribution is 1.92. The van der Waals surface area contributed by atoms with Crippen LogP contribution in [0.5, 0.6) is 0 Å². The van der Waals surface area contributed by atoms with Gasteiger partial charge in [-0.15, -0.1) is 24.0 Å². The molecule has 0 nitrogen and oxygen atoms in total. The van der Waals surface area contributed by atoms with Gasteiger partial charge in [0, 0.05) is 0 Å². The van der Waals surface area contributed by atoms with Crippen LogP contribution in [0.25, 0.3) is 0 Å². The Balaban J connectivity index is -0.000000163. The van der Waals surface area contributed by atoms with Gasteiger partial charge in [-0.25, -0.2) is 0 Å². The van der Waals surface area contributed by atoms with Crippen LogP contribution in [-0.4, -0.2) is 0 Å². The van der Waals surface area contributed by atoms with Crippen molar-refractivity contribution in [1.82, 2.24) is 0 Å². The number of rotatable bonds is 0. The van der Waals surface area contributed by atoms with Crippen LogP contribution in [0.15, 0.2) is 30.3 Å². The molecule has 0 N–H and O–H groups in total. The summed E-state index contributed by atoms with van der Waals surface area (Å²) in [5.41, 5.74) is 1.32. The molecule has 0 aromatic heterocycles. The van der Waals surface area contributed by atoms with Gasteiger partial charge in [0.15, 0.2) is 0 Å². The van der Waals surface area contributed by atoms with Crippen molar-refractivity contribution in [2.24, 2.45) is 0 Å². The van der Waals surface area contributed by atoms with Gasteiger partial charge in [-0.3, -0.25) is 9.41 Å². The molecule has 1 aromatic rings. The fourth-order valence-electron chi connectivity index (χ4n) is 0.534. The van der Waals surface area contributed by atoms with Crippen molar-refractivity contribution < 1.29 is 9.41 Å². The molecular weight excluding hydrogens is 249 g/mol. The highest BCUT2D eigenvalue weighted by molar-refractivity contribution is 14.0. The first kappa shape index (κ1) is 16.4. The number of hydrogen-bond donors (Lipinski definition) is 0. The van der Waals surface area contributed by atoms with Crippen LogP contribution >= 0.6 is 24.0 Å². The minimum atomic E-state index is 0. The number of aryl methyl sites for hydroxylation is 1. The molecule has 3 heteroatoms. The van der Waals surface area contributed by atoms with E-state index in [1.807, 2.05) is 18.2 Å². The molecule has 0 fully saturated rings. The van der Waals surface area contributed by atoms with Gasteiger partial charge in [-0.05, 0) is 6.92 Å². The molecule has 0 unspecified atom stereocenters. The lowest BCUT2D eigenvalue weighted by Gasteiger charge is -1.82. The van der Waals surface area contributed by atoms with Crippen molar-refractivity contribution in [1.29, 1.82) is 0 Å². The summed E-state index contributed by atoms with van der Waals surface area (Å²) in [5, 5.41) is 0. The first-order valence-electron chi connectivity index (χ1n) is 2.41. The third-order valence-corrected chi connectivity index (χ3v) is 0.940. The minimum absolute atomic E-state index is 0. The second-order valence-corrected chi connectivity index (χ2v) is 1.65. The van der Waals surface area contributed by atoms with E-state index in [1.165, 1.54) is 5.56 Å². The molecule has 0 heterocycles. The lowest BCUT2D eigenvalue weighted by molar-refractivity contribution is 1.11. The van der Waals surface area contributed by atoms with Gasteiger partial charge in [-0.1, -0.05) is 35.9 Å². The molecule has 1 rings (SSSR count). The highest BCUT2D eigenvalue weighted by Gasteiger charge is 1.72. The monoisotopic (exact) mass is 260 g/mol. The zero-order chi connectivity index (χ0) is 5.11. The first-order valence-corrected chi connectivity index (χ1v) is 2.41. The molecule has 0 bridgehead atoms. The zero-order valence-electron chi connectivity index (χ0n) is 5.61. The average Bonchev–Trinajstić information content (AvgIpc) is 1.69. The first-order chi connectivity index (χ1) is 3.39. The Morgan fingerprint density at radius 1 is 0.900 bits per heavy atom. The summed E-state index contributed by atoms with van der Waals surface area (Å²) in [6.07, 6.45) is 0. The van der Waals surface area contributed by atoms with Gasteiger partial charge in [0.2, 0.25) is 0 Å². The van der Waals surface area contributed by atoms with Crippen LogP contribution in [0, 0.1) is 6.92 Å². The van der Waals surface area contributed by atoms with Gasteiger partial charge in [0.1, 0.15) is 0 Å². The standard InChI is InChI=1S/C7H8.2FH.HI/c1-7-5-3-2-4-6-7;;;/h2-6H,1H3;3*1H. The second-order valence-electron chi connectivity index (χ2n) is 1.65. The Morgan fingerprint density at radius 2 is 1.30 bits per heavy atom. The Labute approximate surface area is 76.4 Å².